The third kappa shape index (κ3) is 5.06. The van der Waals surface area contributed by atoms with E-state index in [1.807, 2.05) is 6.07 Å². The zero-order chi connectivity index (χ0) is 28.9. The minimum atomic E-state index is 0.457. The summed E-state index contributed by atoms with van der Waals surface area (Å²) in [4.78, 5) is 0. The fraction of sp³-hybridized carbons (Fsp3) is 0.368. The van der Waals surface area contributed by atoms with Crippen molar-refractivity contribution >= 4 is 21.9 Å². The zero-order valence-corrected chi connectivity index (χ0v) is 25.3. The van der Waals surface area contributed by atoms with Gasteiger partial charge in [0.15, 0.2) is 6.20 Å². The van der Waals surface area contributed by atoms with Gasteiger partial charge in [0.05, 0.1) is 17.2 Å². The summed E-state index contributed by atoms with van der Waals surface area (Å²) in [6, 6.07) is 24.3. The smallest absolute Gasteiger partial charge is 0.216 e. The topological polar surface area (TPSA) is 40.8 Å². The number of nitrogens with zero attached hydrogens (tertiary/aromatic N) is 2. The van der Waals surface area contributed by atoms with Crippen LogP contribution in [0.5, 0.6) is 0 Å². The van der Waals surface area contributed by atoms with Crippen LogP contribution in [0.3, 0.4) is 0 Å². The van der Waals surface area contributed by atoms with Crippen molar-refractivity contribution in [2.45, 2.75) is 72.6 Å². The molecule has 0 atom stereocenters. The highest BCUT2D eigenvalue weighted by Crippen LogP contribution is 2.44. The van der Waals surface area contributed by atoms with Gasteiger partial charge in [-0.05, 0) is 90.7 Å². The summed E-state index contributed by atoms with van der Waals surface area (Å²) in [6.45, 7) is 11.4. The van der Waals surface area contributed by atoms with E-state index in [0.717, 1.165) is 50.7 Å². The Bertz CT molecular complexity index is 1790. The van der Waals surface area contributed by atoms with E-state index in [1.165, 1.54) is 42.4 Å². The van der Waals surface area contributed by atoms with Crippen molar-refractivity contribution in [1.82, 2.24) is 0 Å². The van der Waals surface area contributed by atoms with Crippen LogP contribution in [0.15, 0.2) is 71.3 Å². The predicted octanol–water partition coefficient (Wildman–Crippen LogP) is 9.81. The molecule has 0 aliphatic heterocycles. The summed E-state index contributed by atoms with van der Waals surface area (Å²) in [5.74, 6) is 1.20. The second kappa shape index (κ2) is 10.5. The molecule has 208 valence electrons. The van der Waals surface area contributed by atoms with Crippen molar-refractivity contribution in [3.05, 3.63) is 89.1 Å². The lowest BCUT2D eigenvalue weighted by molar-refractivity contribution is -0.660. The average Bonchev–Trinajstić information content (AvgIpc) is 3.32. The summed E-state index contributed by atoms with van der Waals surface area (Å²) >= 11 is 0. The number of aryl methyl sites for hydroxylation is 2. The maximum absolute atomic E-state index is 10.1. The minimum absolute atomic E-state index is 0.457. The quantitative estimate of drug-likeness (QED) is 0.208. The fourth-order valence-corrected chi connectivity index (χ4v) is 6.81. The van der Waals surface area contributed by atoms with Crippen LogP contribution in [0.4, 0.5) is 0 Å². The Morgan fingerprint density at radius 3 is 2.24 bits per heavy atom. The van der Waals surface area contributed by atoms with Gasteiger partial charge in [0.2, 0.25) is 5.69 Å². The van der Waals surface area contributed by atoms with E-state index in [4.69, 9.17) is 4.42 Å². The van der Waals surface area contributed by atoms with Gasteiger partial charge >= 0.3 is 0 Å². The molecule has 5 aromatic rings. The summed E-state index contributed by atoms with van der Waals surface area (Å²) in [5, 5.41) is 12.3. The largest absolute Gasteiger partial charge is 0.454 e. The molecule has 1 saturated carbocycles. The number of benzene rings is 3. The zero-order valence-electron chi connectivity index (χ0n) is 25.3. The van der Waals surface area contributed by atoms with Crippen molar-refractivity contribution < 1.29 is 8.98 Å². The van der Waals surface area contributed by atoms with Crippen LogP contribution in [0.25, 0.3) is 44.3 Å². The number of aromatic nitrogens is 1. The molecule has 2 heterocycles. The average molecular weight is 542 g/mol. The Balaban J connectivity index is 1.49. The van der Waals surface area contributed by atoms with E-state index in [-0.39, 0.29) is 0 Å². The number of rotatable bonds is 5. The molecule has 0 N–H and O–H groups in total. The SMILES string of the molecule is Cc1ccc2c(oc3c(-c4ccc(C5CCC(C)(C)CC5)cc4)c(C#N)ccc32)c1-c1cc(CC(C)C)cc[n+]1C. The number of hydrogen-bond acceptors (Lipinski definition) is 2. The lowest BCUT2D eigenvalue weighted by Gasteiger charge is -2.34. The fourth-order valence-electron chi connectivity index (χ4n) is 6.81. The van der Waals surface area contributed by atoms with Gasteiger partial charge in [0.25, 0.3) is 0 Å². The molecule has 0 unspecified atom stereocenters. The van der Waals surface area contributed by atoms with Crippen molar-refractivity contribution in [3.63, 3.8) is 0 Å². The van der Waals surface area contributed by atoms with Gasteiger partial charge < -0.3 is 4.42 Å². The normalized spacial score (nSPS) is 15.6. The molecule has 2 aromatic heterocycles. The van der Waals surface area contributed by atoms with Gasteiger partial charge in [-0.1, -0.05) is 64.1 Å². The molecule has 1 aliphatic rings. The third-order valence-electron chi connectivity index (χ3n) is 9.26. The van der Waals surface area contributed by atoms with E-state index in [2.05, 4.69) is 113 Å². The number of nitriles is 1. The van der Waals surface area contributed by atoms with Crippen molar-refractivity contribution in [3.8, 4) is 28.5 Å². The van der Waals surface area contributed by atoms with Crippen LogP contribution in [0.2, 0.25) is 0 Å². The molecule has 0 saturated heterocycles. The highest BCUT2D eigenvalue weighted by molar-refractivity contribution is 6.14. The van der Waals surface area contributed by atoms with Crippen molar-refractivity contribution in [1.29, 1.82) is 5.26 Å². The van der Waals surface area contributed by atoms with Crippen molar-refractivity contribution in [2.24, 2.45) is 18.4 Å². The van der Waals surface area contributed by atoms with Gasteiger partial charge in [-0.3, -0.25) is 0 Å². The van der Waals surface area contributed by atoms with Gasteiger partial charge in [-0.2, -0.15) is 5.26 Å². The molecule has 1 aliphatic carbocycles. The molecule has 3 heteroatoms. The molecule has 0 spiro atoms. The molecule has 1 fully saturated rings. The molecule has 6 rings (SSSR count). The first-order valence-corrected chi connectivity index (χ1v) is 15.1. The first-order valence-electron chi connectivity index (χ1n) is 15.1. The number of fused-ring (bicyclic) bond motifs is 3. The number of furan rings is 1. The third-order valence-corrected chi connectivity index (χ3v) is 9.26. The first kappa shape index (κ1) is 27.3. The number of hydrogen-bond donors (Lipinski definition) is 0. The lowest BCUT2D eigenvalue weighted by atomic mass is 9.71. The van der Waals surface area contributed by atoms with Gasteiger partial charge in [0, 0.05) is 28.5 Å². The highest BCUT2D eigenvalue weighted by atomic mass is 16.3. The second-order valence-corrected chi connectivity index (χ2v) is 13.4. The van der Waals surface area contributed by atoms with Crippen molar-refractivity contribution in [2.75, 3.05) is 0 Å². The van der Waals surface area contributed by atoms with Crippen LogP contribution in [-0.4, -0.2) is 0 Å². The molecule has 0 bridgehead atoms. The Kier molecular flexibility index (Phi) is 6.98. The predicted molar refractivity (Wildman–Crippen MR) is 169 cm³/mol. The maximum atomic E-state index is 10.1. The van der Waals surface area contributed by atoms with Crippen LogP contribution in [0, 0.1) is 29.6 Å². The summed E-state index contributed by atoms with van der Waals surface area (Å²) in [6.07, 6.45) is 8.22. The minimum Gasteiger partial charge on any atom is -0.454 e. The van der Waals surface area contributed by atoms with Crippen LogP contribution < -0.4 is 4.57 Å². The number of pyridine rings is 1. The Morgan fingerprint density at radius 2 is 1.59 bits per heavy atom. The summed E-state index contributed by atoms with van der Waals surface area (Å²) in [5.41, 5.74) is 10.9. The van der Waals surface area contributed by atoms with Crippen LogP contribution >= 0.6 is 0 Å². The lowest BCUT2D eigenvalue weighted by Crippen LogP contribution is -2.31. The van der Waals surface area contributed by atoms with Crippen LogP contribution in [-0.2, 0) is 13.5 Å². The van der Waals surface area contributed by atoms with E-state index in [9.17, 15) is 5.26 Å². The first-order chi connectivity index (χ1) is 19.6. The molecule has 3 nitrogen and oxygen atoms in total. The Hall–Kier alpha value is -3.90. The molecule has 3 aromatic carbocycles. The molecule has 0 radical (unpaired) electrons. The molecular weight excluding hydrogens is 500 g/mol. The highest BCUT2D eigenvalue weighted by Gasteiger charge is 2.28. The van der Waals surface area contributed by atoms with Crippen LogP contribution in [0.1, 0.15) is 81.5 Å². The molecular formula is C38H41N2O+. The van der Waals surface area contributed by atoms with E-state index < -0.39 is 0 Å². The summed E-state index contributed by atoms with van der Waals surface area (Å²) in [7, 11) is 2.10. The van der Waals surface area contributed by atoms with Gasteiger partial charge in [0.1, 0.15) is 18.2 Å². The van der Waals surface area contributed by atoms with E-state index in [0.29, 0.717) is 22.8 Å². The van der Waals surface area contributed by atoms with E-state index >= 15 is 0 Å². The van der Waals surface area contributed by atoms with Gasteiger partial charge in [-0.15, -0.1) is 0 Å². The monoisotopic (exact) mass is 541 g/mol. The molecule has 41 heavy (non-hydrogen) atoms. The second-order valence-electron chi connectivity index (χ2n) is 13.4. The summed E-state index contributed by atoms with van der Waals surface area (Å²) < 4.78 is 9.01. The van der Waals surface area contributed by atoms with E-state index in [1.54, 1.807) is 0 Å². The maximum Gasteiger partial charge on any atom is 0.216 e. The molecule has 0 amide bonds. The van der Waals surface area contributed by atoms with Gasteiger partial charge in [-0.25, -0.2) is 4.57 Å². The standard InChI is InChI=1S/C38H41N2O/c1-24(2)21-26-17-20-40(6)33(22-26)34-25(3)7-13-31-32-14-12-30(23-39)35(37(32)41-36(31)34)29-10-8-27(9-11-29)28-15-18-38(4,5)19-16-28/h7-14,17,20,22,24,28H,15-16,18-19,21H2,1-6H3/q+1. The Morgan fingerprint density at radius 1 is 0.927 bits per heavy atom. The Labute approximate surface area is 244 Å².